The van der Waals surface area contributed by atoms with Crippen molar-refractivity contribution in [3.05, 3.63) is 33.8 Å². The maximum atomic E-state index is 12.0. The summed E-state index contributed by atoms with van der Waals surface area (Å²) in [6.07, 6.45) is -0.196. The van der Waals surface area contributed by atoms with Crippen LogP contribution in [0.5, 0.6) is 0 Å². The van der Waals surface area contributed by atoms with Gasteiger partial charge >= 0.3 is 6.03 Å². The predicted molar refractivity (Wildman–Crippen MR) is 80.4 cm³/mol. The molecule has 1 aromatic carbocycles. The first-order chi connectivity index (χ1) is 9.45. The van der Waals surface area contributed by atoms with Gasteiger partial charge in [0.2, 0.25) is 0 Å². The summed E-state index contributed by atoms with van der Waals surface area (Å²) < 4.78 is 5.72. The van der Waals surface area contributed by atoms with Gasteiger partial charge in [-0.25, -0.2) is 4.79 Å². The molecular weight excluding hydrogens is 299 g/mol. The van der Waals surface area contributed by atoms with Crippen LogP contribution in [0.1, 0.15) is 25.5 Å². The predicted octanol–water partition coefficient (Wildman–Crippen LogP) is 3.48. The van der Waals surface area contributed by atoms with Gasteiger partial charge in [-0.1, -0.05) is 23.2 Å². The second kappa shape index (κ2) is 6.66. The lowest BCUT2D eigenvalue weighted by atomic mass is 10.1. The lowest BCUT2D eigenvalue weighted by Gasteiger charge is -2.33. The smallest absolute Gasteiger partial charge is 0.317 e. The molecule has 0 aliphatic carbocycles. The number of hydrogen-bond donors (Lipinski definition) is 1. The van der Waals surface area contributed by atoms with Gasteiger partial charge in [-0.3, -0.25) is 0 Å². The highest BCUT2D eigenvalue weighted by Crippen LogP contribution is 2.28. The van der Waals surface area contributed by atoms with Gasteiger partial charge in [-0.2, -0.15) is 0 Å². The molecule has 0 saturated carbocycles. The summed E-state index contributed by atoms with van der Waals surface area (Å²) in [5.74, 6) is 0. The maximum Gasteiger partial charge on any atom is 0.317 e. The van der Waals surface area contributed by atoms with E-state index in [0.29, 0.717) is 29.7 Å². The Kier molecular flexibility index (Phi) is 5.13. The van der Waals surface area contributed by atoms with Crippen molar-refractivity contribution in [2.24, 2.45) is 0 Å². The molecule has 1 saturated heterocycles. The van der Waals surface area contributed by atoms with Gasteiger partial charge in [0, 0.05) is 22.6 Å². The molecule has 1 atom stereocenters. The monoisotopic (exact) mass is 316 g/mol. The number of benzene rings is 1. The highest BCUT2D eigenvalue weighted by atomic mass is 35.5. The fraction of sp³-hybridized carbons (Fsp3) is 0.500. The Labute approximate surface area is 129 Å². The molecular formula is C14H18Cl2N2O2. The Balaban J connectivity index is 2.08. The van der Waals surface area contributed by atoms with Crippen molar-refractivity contribution in [2.45, 2.75) is 26.0 Å². The Hall–Kier alpha value is -0.970. The first-order valence-corrected chi connectivity index (χ1v) is 7.34. The van der Waals surface area contributed by atoms with E-state index in [0.717, 1.165) is 5.56 Å². The molecule has 0 spiro atoms. The quantitative estimate of drug-likeness (QED) is 0.907. The Morgan fingerprint density at radius 1 is 1.35 bits per heavy atom. The number of nitrogens with one attached hydrogen (secondary N) is 1. The molecule has 20 heavy (non-hydrogen) atoms. The van der Waals surface area contributed by atoms with E-state index in [-0.39, 0.29) is 18.2 Å². The molecule has 6 heteroatoms. The minimum absolute atomic E-state index is 0.0681. The molecule has 110 valence electrons. The minimum Gasteiger partial charge on any atom is -0.370 e. The van der Waals surface area contributed by atoms with Crippen molar-refractivity contribution < 1.29 is 9.53 Å². The SMILES string of the molecule is CC(C)NC(=O)N1CCOC(c2cc(Cl)cc(Cl)c2)C1. The van der Waals surface area contributed by atoms with E-state index in [1.807, 2.05) is 26.0 Å². The summed E-state index contributed by atoms with van der Waals surface area (Å²) >= 11 is 12.0. The third-order valence-corrected chi connectivity index (χ3v) is 3.46. The third-order valence-electron chi connectivity index (χ3n) is 3.02. The maximum absolute atomic E-state index is 12.0. The summed E-state index contributed by atoms with van der Waals surface area (Å²) in [5, 5.41) is 4.03. The Bertz CT molecular complexity index is 474. The summed E-state index contributed by atoms with van der Waals surface area (Å²) in [4.78, 5) is 13.8. The number of nitrogens with zero attached hydrogens (tertiary/aromatic N) is 1. The van der Waals surface area contributed by atoms with Gasteiger partial charge in [0.15, 0.2) is 0 Å². The Morgan fingerprint density at radius 3 is 2.60 bits per heavy atom. The fourth-order valence-electron chi connectivity index (χ4n) is 2.13. The van der Waals surface area contributed by atoms with Crippen LogP contribution < -0.4 is 5.32 Å². The van der Waals surface area contributed by atoms with Crippen LogP contribution in [0.3, 0.4) is 0 Å². The van der Waals surface area contributed by atoms with Gasteiger partial charge in [-0.05, 0) is 37.6 Å². The number of morpholine rings is 1. The molecule has 1 aliphatic rings. The summed E-state index contributed by atoms with van der Waals surface area (Å²) in [7, 11) is 0. The summed E-state index contributed by atoms with van der Waals surface area (Å²) in [5.41, 5.74) is 0.893. The average molecular weight is 317 g/mol. The number of carbonyl (C=O) groups excluding carboxylic acids is 1. The molecule has 4 nitrogen and oxygen atoms in total. The number of hydrogen-bond acceptors (Lipinski definition) is 2. The summed E-state index contributed by atoms with van der Waals surface area (Å²) in [6.45, 7) is 5.46. The number of urea groups is 1. The average Bonchev–Trinajstić information content (AvgIpc) is 2.37. The standard InChI is InChI=1S/C14H18Cl2N2O2/c1-9(2)17-14(19)18-3-4-20-13(8-18)10-5-11(15)7-12(16)6-10/h5-7,9,13H,3-4,8H2,1-2H3,(H,17,19). The highest BCUT2D eigenvalue weighted by Gasteiger charge is 2.26. The highest BCUT2D eigenvalue weighted by molar-refractivity contribution is 6.34. The lowest BCUT2D eigenvalue weighted by Crippen LogP contribution is -2.48. The van der Waals surface area contributed by atoms with Crippen molar-refractivity contribution in [1.82, 2.24) is 10.2 Å². The molecule has 1 fully saturated rings. The fourth-order valence-corrected chi connectivity index (χ4v) is 2.68. The lowest BCUT2D eigenvalue weighted by molar-refractivity contribution is -0.0156. The van der Waals surface area contributed by atoms with Crippen molar-refractivity contribution in [2.75, 3.05) is 19.7 Å². The van der Waals surface area contributed by atoms with Gasteiger partial charge in [0.1, 0.15) is 6.10 Å². The number of carbonyl (C=O) groups is 1. The molecule has 0 aromatic heterocycles. The van der Waals surface area contributed by atoms with Crippen LogP contribution in [0.25, 0.3) is 0 Å². The van der Waals surface area contributed by atoms with E-state index in [4.69, 9.17) is 27.9 Å². The largest absolute Gasteiger partial charge is 0.370 e. The van der Waals surface area contributed by atoms with Crippen LogP contribution in [0.4, 0.5) is 4.79 Å². The first kappa shape index (κ1) is 15.4. The van der Waals surface area contributed by atoms with E-state index < -0.39 is 0 Å². The second-order valence-corrected chi connectivity index (χ2v) is 5.99. The van der Waals surface area contributed by atoms with E-state index in [1.54, 1.807) is 11.0 Å². The van der Waals surface area contributed by atoms with Crippen molar-refractivity contribution in [3.63, 3.8) is 0 Å². The van der Waals surface area contributed by atoms with E-state index in [1.165, 1.54) is 0 Å². The summed E-state index contributed by atoms with van der Waals surface area (Å²) in [6, 6.07) is 5.37. The minimum atomic E-state index is -0.196. The zero-order chi connectivity index (χ0) is 14.7. The van der Waals surface area contributed by atoms with Crippen molar-refractivity contribution in [1.29, 1.82) is 0 Å². The molecule has 0 radical (unpaired) electrons. The molecule has 2 amide bonds. The molecule has 2 rings (SSSR count). The number of rotatable bonds is 2. The third kappa shape index (κ3) is 4.01. The number of ether oxygens (including phenoxy) is 1. The van der Waals surface area contributed by atoms with Crippen molar-refractivity contribution in [3.8, 4) is 0 Å². The zero-order valence-electron chi connectivity index (χ0n) is 11.5. The number of halogens is 2. The van der Waals surface area contributed by atoms with Crippen LogP contribution in [0, 0.1) is 0 Å². The van der Waals surface area contributed by atoms with Gasteiger partial charge in [-0.15, -0.1) is 0 Å². The van der Waals surface area contributed by atoms with E-state index in [9.17, 15) is 4.79 Å². The zero-order valence-corrected chi connectivity index (χ0v) is 13.0. The normalized spacial score (nSPS) is 19.2. The molecule has 1 aliphatic heterocycles. The van der Waals surface area contributed by atoms with Crippen LogP contribution >= 0.6 is 23.2 Å². The molecule has 1 N–H and O–H groups in total. The van der Waals surface area contributed by atoms with Gasteiger partial charge in [0.05, 0.1) is 13.2 Å². The number of amides is 2. The van der Waals surface area contributed by atoms with Gasteiger partial charge in [0.25, 0.3) is 0 Å². The molecule has 1 heterocycles. The van der Waals surface area contributed by atoms with Crippen LogP contribution in [-0.4, -0.2) is 36.7 Å². The van der Waals surface area contributed by atoms with E-state index in [2.05, 4.69) is 5.32 Å². The molecule has 1 unspecified atom stereocenters. The van der Waals surface area contributed by atoms with Crippen LogP contribution in [0.15, 0.2) is 18.2 Å². The molecule has 0 bridgehead atoms. The van der Waals surface area contributed by atoms with Crippen molar-refractivity contribution >= 4 is 29.2 Å². The van der Waals surface area contributed by atoms with Crippen LogP contribution in [0.2, 0.25) is 10.0 Å². The topological polar surface area (TPSA) is 41.6 Å². The van der Waals surface area contributed by atoms with E-state index >= 15 is 0 Å². The first-order valence-electron chi connectivity index (χ1n) is 6.58. The molecule has 1 aromatic rings. The van der Waals surface area contributed by atoms with Crippen LogP contribution in [-0.2, 0) is 4.74 Å². The second-order valence-electron chi connectivity index (χ2n) is 5.11. The van der Waals surface area contributed by atoms with Gasteiger partial charge < -0.3 is 15.0 Å². The Morgan fingerprint density at radius 2 is 2.00 bits per heavy atom.